The molecule has 1 atom stereocenters. The Labute approximate surface area is 361 Å². The van der Waals surface area contributed by atoms with E-state index in [9.17, 15) is 41.9 Å². The summed E-state index contributed by atoms with van der Waals surface area (Å²) in [7, 11) is 0. The Morgan fingerprint density at radius 3 is 2.34 bits per heavy atom. The first-order chi connectivity index (χ1) is 30.2. The van der Waals surface area contributed by atoms with Crippen LogP contribution in [0.1, 0.15) is 58.5 Å². The largest absolute Gasteiger partial charge is 0.478 e. The molecule has 6 amide bonds. The molecule has 3 N–H and O–H groups in total. The normalized spacial score (nSPS) is 17.1. The van der Waals surface area contributed by atoms with Gasteiger partial charge in [-0.05, 0) is 68.9 Å². The average molecular weight is 911 g/mol. The number of benzene rings is 3. The van der Waals surface area contributed by atoms with E-state index < -0.39 is 122 Å². The summed E-state index contributed by atoms with van der Waals surface area (Å²) in [6.45, 7) is 1.54. The van der Waals surface area contributed by atoms with Crippen molar-refractivity contribution in [2.24, 2.45) is 0 Å². The molecule has 330 valence electrons. The number of alkyl halides is 3. The van der Waals surface area contributed by atoms with Gasteiger partial charge in [0.1, 0.15) is 22.8 Å². The number of halogens is 7. The van der Waals surface area contributed by atoms with Crippen molar-refractivity contribution in [3.63, 3.8) is 0 Å². The first kappa shape index (κ1) is 44.6. The molecule has 0 saturated carbocycles. The van der Waals surface area contributed by atoms with E-state index in [2.05, 4.69) is 20.9 Å². The number of anilines is 3. The van der Waals surface area contributed by atoms with Gasteiger partial charge >= 0.3 is 6.18 Å². The Hall–Kier alpha value is -7.48. The van der Waals surface area contributed by atoms with Crippen LogP contribution in [0, 0.1) is 34.6 Å². The van der Waals surface area contributed by atoms with Gasteiger partial charge in [0.25, 0.3) is 23.6 Å². The van der Waals surface area contributed by atoms with Gasteiger partial charge in [-0.2, -0.15) is 18.4 Å². The van der Waals surface area contributed by atoms with Crippen LogP contribution < -0.4 is 30.5 Å². The summed E-state index contributed by atoms with van der Waals surface area (Å²) in [5.41, 5.74) is -6.69. The van der Waals surface area contributed by atoms with E-state index >= 15 is 17.6 Å². The third kappa shape index (κ3) is 7.80. The number of nitrogens with one attached hydrogen (secondary N) is 3. The Morgan fingerprint density at radius 1 is 1.00 bits per heavy atom. The molecule has 2 saturated heterocycles. The lowest BCUT2D eigenvalue weighted by molar-refractivity contribution is -0.140. The maximum absolute atomic E-state index is 15.7. The third-order valence-electron chi connectivity index (χ3n) is 10.4. The number of pyridine rings is 1. The van der Waals surface area contributed by atoms with Crippen molar-refractivity contribution in [1.82, 2.24) is 20.5 Å². The number of carbonyl (C=O) groups excluding carboxylic acids is 6. The minimum absolute atomic E-state index is 0.00899. The second kappa shape index (κ2) is 16.7. The highest BCUT2D eigenvalue weighted by molar-refractivity contribution is 7.81. The van der Waals surface area contributed by atoms with E-state index in [1.807, 2.05) is 0 Å². The molecule has 7 rings (SSSR count). The zero-order valence-electron chi connectivity index (χ0n) is 33.0. The van der Waals surface area contributed by atoms with Crippen molar-refractivity contribution in [3.8, 4) is 23.1 Å². The molecular weight excluding hydrogens is 882 g/mol. The number of nitriles is 1. The van der Waals surface area contributed by atoms with Gasteiger partial charge in [-0.1, -0.05) is 6.07 Å². The van der Waals surface area contributed by atoms with Gasteiger partial charge in [0.15, 0.2) is 40.7 Å². The lowest BCUT2D eigenvalue weighted by Crippen LogP contribution is -2.54. The molecule has 3 aliphatic rings. The van der Waals surface area contributed by atoms with Gasteiger partial charge in [0, 0.05) is 36.8 Å². The number of imide groups is 2. The number of amides is 6. The second-order valence-corrected chi connectivity index (χ2v) is 15.1. The lowest BCUT2D eigenvalue weighted by atomic mass is 10.0. The molecule has 0 radical (unpaired) electrons. The fraction of sp³-hybridized carbons (Fsp3) is 0.244. The number of carbonyl (C=O) groups is 6. The van der Waals surface area contributed by atoms with Crippen LogP contribution >= 0.6 is 12.2 Å². The van der Waals surface area contributed by atoms with Crippen LogP contribution in [0.15, 0.2) is 54.7 Å². The first-order valence-electron chi connectivity index (χ1n) is 18.8. The summed E-state index contributed by atoms with van der Waals surface area (Å²) in [5.74, 6) is -11.5. The standard InChI is InChI=1S/C41H29F7N8O7S/c1-40(2)38(62)55(26-7-6-18(15-49)31(32(26)45)41(46,47)48)39(64)56(40)20-14-22(42)33(52-16-20)19-12-23(43)34(24(44)13-19)63-17-29(58)51-11-10-50-25-5-3-4-21-30(25)37(61)54(36(21)60)27-8-9-28(57)53-35(27)59/h3-7,12-14,16,27,50H,8-11,17H2,1-2H3,(H,51,58)(H,53,57,59). The summed E-state index contributed by atoms with van der Waals surface area (Å²) in [4.78, 5) is 82.5. The maximum atomic E-state index is 15.7. The summed E-state index contributed by atoms with van der Waals surface area (Å²) >= 11 is 5.35. The van der Waals surface area contributed by atoms with Gasteiger partial charge in [-0.3, -0.25) is 48.9 Å². The fourth-order valence-corrected chi connectivity index (χ4v) is 7.91. The molecule has 4 aromatic rings. The number of aromatic nitrogens is 1. The van der Waals surface area contributed by atoms with E-state index in [0.29, 0.717) is 23.1 Å². The molecule has 23 heteroatoms. The molecule has 0 spiro atoms. The predicted molar refractivity (Wildman–Crippen MR) is 212 cm³/mol. The lowest BCUT2D eigenvalue weighted by Gasteiger charge is -2.29. The highest BCUT2D eigenvalue weighted by Crippen LogP contribution is 2.42. The van der Waals surface area contributed by atoms with E-state index in [1.165, 1.54) is 38.1 Å². The Balaban J connectivity index is 0.980. The number of rotatable bonds is 11. The van der Waals surface area contributed by atoms with Crippen molar-refractivity contribution in [3.05, 3.63) is 100 Å². The van der Waals surface area contributed by atoms with Crippen molar-refractivity contribution in [2.45, 2.75) is 44.4 Å². The van der Waals surface area contributed by atoms with Crippen LogP contribution in [0.3, 0.4) is 0 Å². The third-order valence-corrected chi connectivity index (χ3v) is 10.7. The number of piperidine rings is 1. The monoisotopic (exact) mass is 910 g/mol. The molecule has 3 aliphatic heterocycles. The van der Waals surface area contributed by atoms with Crippen LogP contribution in [0.25, 0.3) is 11.3 Å². The topological polar surface area (TPSA) is 194 Å². The van der Waals surface area contributed by atoms with Gasteiger partial charge in [0.2, 0.25) is 11.8 Å². The molecule has 1 aromatic heterocycles. The van der Waals surface area contributed by atoms with Crippen molar-refractivity contribution in [1.29, 1.82) is 5.26 Å². The number of nitrogens with zero attached hydrogens (tertiary/aromatic N) is 5. The number of hydrogen-bond donors (Lipinski definition) is 3. The second-order valence-electron chi connectivity index (χ2n) is 14.8. The molecule has 3 aromatic carbocycles. The summed E-state index contributed by atoms with van der Waals surface area (Å²) in [5, 5.41) is 16.0. The summed E-state index contributed by atoms with van der Waals surface area (Å²) < 4.78 is 108. The number of fused-ring (bicyclic) bond motifs is 1. The Morgan fingerprint density at radius 2 is 1.70 bits per heavy atom. The first-order valence-corrected chi connectivity index (χ1v) is 19.2. The molecule has 4 heterocycles. The van der Waals surface area contributed by atoms with Crippen LogP contribution in [0.4, 0.5) is 47.8 Å². The summed E-state index contributed by atoms with van der Waals surface area (Å²) in [6, 6.07) is 8.02. The van der Waals surface area contributed by atoms with E-state index in [4.69, 9.17) is 22.2 Å². The van der Waals surface area contributed by atoms with Crippen LogP contribution in [-0.4, -0.2) is 81.7 Å². The van der Waals surface area contributed by atoms with Crippen LogP contribution in [0.2, 0.25) is 0 Å². The average Bonchev–Trinajstić information content (AvgIpc) is 3.57. The van der Waals surface area contributed by atoms with Crippen LogP contribution in [-0.2, 0) is 25.4 Å². The molecule has 64 heavy (non-hydrogen) atoms. The van der Waals surface area contributed by atoms with Gasteiger partial charge in [-0.25, -0.2) is 17.6 Å². The maximum Gasteiger partial charge on any atom is 0.420 e. The van der Waals surface area contributed by atoms with E-state index in [-0.39, 0.29) is 48.4 Å². The highest BCUT2D eigenvalue weighted by atomic mass is 32.1. The zero-order chi connectivity index (χ0) is 46.6. The molecule has 0 aliphatic carbocycles. The number of thiocarbonyl (C=S) groups is 1. The number of ether oxygens (including phenoxy) is 1. The minimum Gasteiger partial charge on any atom is -0.478 e. The minimum atomic E-state index is -5.32. The van der Waals surface area contributed by atoms with Crippen molar-refractivity contribution < 1.29 is 64.2 Å². The van der Waals surface area contributed by atoms with Gasteiger partial charge in [-0.15, -0.1) is 0 Å². The SMILES string of the molecule is CC1(C)C(=O)N(c2ccc(C#N)c(C(F)(F)F)c2F)C(=S)N1c1cnc(-c2cc(F)c(OCC(=O)NCCNc3cccc4c3C(=O)N(C3CCC(=O)NC3=O)C4=O)c(F)c2)c(F)c1. The van der Waals surface area contributed by atoms with Crippen LogP contribution in [0.5, 0.6) is 5.75 Å². The zero-order valence-corrected chi connectivity index (χ0v) is 33.8. The van der Waals surface area contributed by atoms with E-state index in [0.717, 1.165) is 28.1 Å². The molecule has 1 unspecified atom stereocenters. The van der Waals surface area contributed by atoms with Gasteiger partial charge in [0.05, 0.1) is 40.3 Å². The van der Waals surface area contributed by atoms with Crippen molar-refractivity contribution >= 4 is 69.8 Å². The van der Waals surface area contributed by atoms with Gasteiger partial charge < -0.3 is 20.3 Å². The molecule has 2 fully saturated rings. The molecule has 15 nitrogen and oxygen atoms in total. The van der Waals surface area contributed by atoms with E-state index in [1.54, 1.807) is 0 Å². The predicted octanol–water partition coefficient (Wildman–Crippen LogP) is 5.12. The fourth-order valence-electron chi connectivity index (χ4n) is 7.40. The summed E-state index contributed by atoms with van der Waals surface area (Å²) in [6.07, 6.45) is -4.46. The smallest absolute Gasteiger partial charge is 0.420 e. The quantitative estimate of drug-likeness (QED) is 0.0780. The highest BCUT2D eigenvalue weighted by Gasteiger charge is 2.52. The Bertz CT molecular complexity index is 2760. The molecule has 0 bridgehead atoms. The van der Waals surface area contributed by atoms with Crippen molar-refractivity contribution in [2.75, 3.05) is 34.8 Å². The Kier molecular flexibility index (Phi) is 11.6. The number of hydrogen-bond acceptors (Lipinski definition) is 11. The molecular formula is C41H29F7N8O7S.